The standard InChI is InChI=1S/C17H23N3O4/c1-13-5-4-7-20-12-14(18-17(13)20)11-15(21)19(9-10-23-2)8-6-16(22)24-3/h4-5,7,12H,6,8-11H2,1-3H3. The van der Waals surface area contributed by atoms with Gasteiger partial charge >= 0.3 is 5.97 Å². The molecule has 0 unspecified atom stereocenters. The molecule has 2 aromatic heterocycles. The molecule has 130 valence electrons. The predicted molar refractivity (Wildman–Crippen MR) is 88.7 cm³/mol. The fraction of sp³-hybridized carbons (Fsp3) is 0.471. The van der Waals surface area contributed by atoms with E-state index in [-0.39, 0.29) is 24.7 Å². The number of pyridine rings is 1. The molecule has 0 fully saturated rings. The first-order chi connectivity index (χ1) is 11.5. The fourth-order valence-electron chi connectivity index (χ4n) is 2.45. The highest BCUT2D eigenvalue weighted by atomic mass is 16.5. The second-order valence-electron chi connectivity index (χ2n) is 5.53. The maximum atomic E-state index is 12.6. The summed E-state index contributed by atoms with van der Waals surface area (Å²) in [4.78, 5) is 30.0. The quantitative estimate of drug-likeness (QED) is 0.679. The van der Waals surface area contributed by atoms with E-state index in [0.717, 1.165) is 11.2 Å². The largest absolute Gasteiger partial charge is 0.469 e. The van der Waals surface area contributed by atoms with E-state index in [2.05, 4.69) is 9.72 Å². The Labute approximate surface area is 141 Å². The molecule has 0 atom stereocenters. The van der Waals surface area contributed by atoms with Crippen molar-refractivity contribution in [3.05, 3.63) is 35.8 Å². The van der Waals surface area contributed by atoms with Crippen molar-refractivity contribution in [2.75, 3.05) is 33.9 Å². The summed E-state index contributed by atoms with van der Waals surface area (Å²) in [5.41, 5.74) is 2.60. The van der Waals surface area contributed by atoms with Gasteiger partial charge in [0.2, 0.25) is 5.91 Å². The SMILES string of the molecule is COCCN(CCC(=O)OC)C(=O)Cc1cn2cccc(C)c2n1. The van der Waals surface area contributed by atoms with Crippen LogP contribution in [0.1, 0.15) is 17.7 Å². The molecule has 0 radical (unpaired) electrons. The van der Waals surface area contributed by atoms with E-state index in [4.69, 9.17) is 4.74 Å². The Kier molecular flexibility index (Phi) is 6.31. The van der Waals surface area contributed by atoms with E-state index in [1.807, 2.05) is 35.9 Å². The number of hydrogen-bond acceptors (Lipinski definition) is 5. The maximum absolute atomic E-state index is 12.6. The first kappa shape index (κ1) is 17.9. The van der Waals surface area contributed by atoms with Crippen molar-refractivity contribution >= 4 is 17.5 Å². The minimum atomic E-state index is -0.339. The number of rotatable bonds is 8. The highest BCUT2D eigenvalue weighted by Gasteiger charge is 2.17. The molecule has 0 saturated heterocycles. The summed E-state index contributed by atoms with van der Waals surface area (Å²) in [5.74, 6) is -0.425. The normalized spacial score (nSPS) is 10.8. The third-order valence-corrected chi connectivity index (χ3v) is 3.79. The molecule has 7 heteroatoms. The zero-order chi connectivity index (χ0) is 17.5. The number of esters is 1. The van der Waals surface area contributed by atoms with Gasteiger partial charge in [-0.2, -0.15) is 0 Å². The van der Waals surface area contributed by atoms with Crippen LogP contribution < -0.4 is 0 Å². The van der Waals surface area contributed by atoms with Crippen molar-refractivity contribution in [2.24, 2.45) is 0 Å². The number of methoxy groups -OCH3 is 2. The monoisotopic (exact) mass is 333 g/mol. The molecule has 0 N–H and O–H groups in total. The van der Waals surface area contributed by atoms with Crippen LogP contribution in [0.4, 0.5) is 0 Å². The summed E-state index contributed by atoms with van der Waals surface area (Å²) in [5, 5.41) is 0. The second-order valence-corrected chi connectivity index (χ2v) is 5.53. The van der Waals surface area contributed by atoms with Crippen molar-refractivity contribution in [1.82, 2.24) is 14.3 Å². The summed E-state index contributed by atoms with van der Waals surface area (Å²) >= 11 is 0. The molecule has 0 aliphatic carbocycles. The van der Waals surface area contributed by atoms with Gasteiger partial charge in [-0.15, -0.1) is 0 Å². The summed E-state index contributed by atoms with van der Waals surface area (Å²) in [7, 11) is 2.91. The molecular weight excluding hydrogens is 310 g/mol. The van der Waals surface area contributed by atoms with Crippen LogP contribution in [-0.2, 0) is 25.5 Å². The zero-order valence-electron chi connectivity index (χ0n) is 14.3. The summed E-state index contributed by atoms with van der Waals surface area (Å²) < 4.78 is 11.6. The minimum absolute atomic E-state index is 0.0861. The second kappa shape index (κ2) is 8.44. The number of carbonyl (C=O) groups is 2. The molecule has 24 heavy (non-hydrogen) atoms. The zero-order valence-corrected chi connectivity index (χ0v) is 14.3. The van der Waals surface area contributed by atoms with Crippen LogP contribution in [0, 0.1) is 6.92 Å². The molecule has 2 heterocycles. The summed E-state index contributed by atoms with van der Waals surface area (Å²) in [6.45, 7) is 3.13. The smallest absolute Gasteiger partial charge is 0.307 e. The van der Waals surface area contributed by atoms with Crippen LogP contribution in [0.25, 0.3) is 5.65 Å². The van der Waals surface area contributed by atoms with Gasteiger partial charge in [-0.05, 0) is 18.6 Å². The van der Waals surface area contributed by atoms with Crippen molar-refractivity contribution < 1.29 is 19.1 Å². The highest BCUT2D eigenvalue weighted by Crippen LogP contribution is 2.11. The molecule has 1 amide bonds. The van der Waals surface area contributed by atoms with E-state index in [0.29, 0.717) is 25.4 Å². The van der Waals surface area contributed by atoms with Gasteiger partial charge in [0.25, 0.3) is 0 Å². The number of nitrogens with zero attached hydrogens (tertiary/aromatic N) is 3. The molecule has 2 rings (SSSR count). The Morgan fingerprint density at radius 2 is 2.08 bits per heavy atom. The minimum Gasteiger partial charge on any atom is -0.469 e. The van der Waals surface area contributed by atoms with Crippen molar-refractivity contribution in [3.8, 4) is 0 Å². The van der Waals surface area contributed by atoms with E-state index >= 15 is 0 Å². The number of amides is 1. The third-order valence-electron chi connectivity index (χ3n) is 3.79. The van der Waals surface area contributed by atoms with Crippen molar-refractivity contribution in [1.29, 1.82) is 0 Å². The molecule has 0 aromatic carbocycles. The Morgan fingerprint density at radius 1 is 1.29 bits per heavy atom. The lowest BCUT2D eigenvalue weighted by Gasteiger charge is -2.21. The van der Waals surface area contributed by atoms with Gasteiger partial charge in [0.15, 0.2) is 0 Å². The molecule has 0 aliphatic rings. The molecular formula is C17H23N3O4. The average Bonchev–Trinajstić information content (AvgIpc) is 2.98. The number of fused-ring (bicyclic) bond motifs is 1. The molecule has 2 aromatic rings. The fourth-order valence-corrected chi connectivity index (χ4v) is 2.45. The van der Waals surface area contributed by atoms with Gasteiger partial charge in [-0.3, -0.25) is 9.59 Å². The van der Waals surface area contributed by atoms with E-state index in [9.17, 15) is 9.59 Å². The molecule has 0 bridgehead atoms. The van der Waals surface area contributed by atoms with Gasteiger partial charge in [-0.25, -0.2) is 4.98 Å². The third kappa shape index (κ3) is 4.55. The number of ether oxygens (including phenoxy) is 2. The van der Waals surface area contributed by atoms with Crippen molar-refractivity contribution in [2.45, 2.75) is 19.8 Å². The van der Waals surface area contributed by atoms with E-state index in [1.165, 1.54) is 7.11 Å². The van der Waals surface area contributed by atoms with Crippen LogP contribution in [0.15, 0.2) is 24.5 Å². The van der Waals surface area contributed by atoms with Gasteiger partial charge in [0, 0.05) is 32.6 Å². The average molecular weight is 333 g/mol. The van der Waals surface area contributed by atoms with Gasteiger partial charge in [-0.1, -0.05) is 6.07 Å². The summed E-state index contributed by atoms with van der Waals surface area (Å²) in [6, 6.07) is 3.92. The number of aryl methyl sites for hydroxylation is 1. The Balaban J connectivity index is 2.06. The van der Waals surface area contributed by atoms with Crippen molar-refractivity contribution in [3.63, 3.8) is 0 Å². The summed E-state index contributed by atoms with van der Waals surface area (Å²) in [6.07, 6.45) is 4.11. The van der Waals surface area contributed by atoms with Crippen LogP contribution in [0.2, 0.25) is 0 Å². The molecule has 7 nitrogen and oxygen atoms in total. The van der Waals surface area contributed by atoms with Crippen LogP contribution in [0.5, 0.6) is 0 Å². The number of carbonyl (C=O) groups excluding carboxylic acids is 2. The number of imidazole rings is 1. The number of aromatic nitrogens is 2. The Hall–Kier alpha value is -2.41. The first-order valence-corrected chi connectivity index (χ1v) is 7.82. The lowest BCUT2D eigenvalue weighted by Crippen LogP contribution is -2.36. The lowest BCUT2D eigenvalue weighted by atomic mass is 10.2. The lowest BCUT2D eigenvalue weighted by molar-refractivity contribution is -0.141. The van der Waals surface area contributed by atoms with Gasteiger partial charge in [0.1, 0.15) is 5.65 Å². The topological polar surface area (TPSA) is 73.1 Å². The molecule has 0 aliphatic heterocycles. The van der Waals surface area contributed by atoms with E-state index in [1.54, 1.807) is 12.0 Å². The Bertz CT molecular complexity index is 711. The van der Waals surface area contributed by atoms with Gasteiger partial charge in [0.05, 0.1) is 32.3 Å². The van der Waals surface area contributed by atoms with Crippen LogP contribution in [0.3, 0.4) is 0 Å². The van der Waals surface area contributed by atoms with Gasteiger partial charge < -0.3 is 18.8 Å². The predicted octanol–water partition coefficient (Wildman–Crippen LogP) is 1.22. The van der Waals surface area contributed by atoms with Crippen LogP contribution in [-0.4, -0.2) is 60.1 Å². The highest BCUT2D eigenvalue weighted by molar-refractivity contribution is 5.79. The number of hydrogen-bond donors (Lipinski definition) is 0. The Morgan fingerprint density at radius 3 is 2.75 bits per heavy atom. The molecule has 0 saturated carbocycles. The maximum Gasteiger partial charge on any atom is 0.307 e. The van der Waals surface area contributed by atoms with E-state index < -0.39 is 0 Å². The van der Waals surface area contributed by atoms with Crippen LogP contribution >= 0.6 is 0 Å². The molecule has 0 spiro atoms. The first-order valence-electron chi connectivity index (χ1n) is 7.82.